The Labute approximate surface area is 114 Å². The van der Waals surface area contributed by atoms with E-state index in [0.29, 0.717) is 5.69 Å². The maximum atomic E-state index is 13.5. The molecule has 0 aliphatic rings. The number of nitrogens with one attached hydrogen (secondary N) is 2. The highest BCUT2D eigenvalue weighted by molar-refractivity contribution is 7.92. The monoisotopic (exact) mass is 298 g/mol. The number of carbonyl (C=O) groups is 1. The van der Waals surface area contributed by atoms with E-state index in [0.717, 1.165) is 12.1 Å². The van der Waals surface area contributed by atoms with Gasteiger partial charge >= 0.3 is 5.97 Å². The van der Waals surface area contributed by atoms with Gasteiger partial charge in [0.15, 0.2) is 0 Å². The van der Waals surface area contributed by atoms with Crippen LogP contribution in [0, 0.1) is 12.7 Å². The van der Waals surface area contributed by atoms with Gasteiger partial charge in [0.25, 0.3) is 10.0 Å². The number of carboxylic acids is 1. The van der Waals surface area contributed by atoms with E-state index in [1.807, 2.05) is 0 Å². The number of aromatic carboxylic acids is 1. The molecule has 0 fully saturated rings. The van der Waals surface area contributed by atoms with Gasteiger partial charge in [-0.1, -0.05) is 12.1 Å². The predicted octanol–water partition coefficient (Wildman–Crippen LogP) is 1.96. The summed E-state index contributed by atoms with van der Waals surface area (Å²) in [7, 11) is -4.20. The van der Waals surface area contributed by atoms with Crippen molar-refractivity contribution in [1.29, 1.82) is 0 Å². The van der Waals surface area contributed by atoms with E-state index in [1.165, 1.54) is 18.2 Å². The summed E-state index contributed by atoms with van der Waals surface area (Å²) in [6.07, 6.45) is 0. The Bertz CT molecular complexity index is 768. The van der Waals surface area contributed by atoms with Gasteiger partial charge in [0, 0.05) is 5.69 Å². The average Bonchev–Trinajstić information content (AvgIpc) is 2.70. The summed E-state index contributed by atoms with van der Waals surface area (Å²) in [5, 5.41) is 8.96. The zero-order chi connectivity index (χ0) is 14.9. The maximum Gasteiger partial charge on any atom is 0.354 e. The molecule has 0 spiro atoms. The molecule has 0 aliphatic heterocycles. The van der Waals surface area contributed by atoms with Crippen molar-refractivity contribution in [2.75, 3.05) is 4.72 Å². The van der Waals surface area contributed by atoms with Crippen molar-refractivity contribution < 1.29 is 22.7 Å². The zero-order valence-corrected chi connectivity index (χ0v) is 11.2. The number of anilines is 1. The van der Waals surface area contributed by atoms with Crippen LogP contribution in [0.2, 0.25) is 0 Å². The summed E-state index contributed by atoms with van der Waals surface area (Å²) in [5.41, 5.74) is 0.0225. The molecular formula is C12H11FN2O4S. The number of sulfonamides is 1. The predicted molar refractivity (Wildman–Crippen MR) is 69.7 cm³/mol. The van der Waals surface area contributed by atoms with Gasteiger partial charge in [0.1, 0.15) is 16.4 Å². The van der Waals surface area contributed by atoms with Crippen LogP contribution in [-0.2, 0) is 10.0 Å². The topological polar surface area (TPSA) is 99.3 Å². The van der Waals surface area contributed by atoms with Crippen LogP contribution in [0.5, 0.6) is 0 Å². The number of hydrogen-bond donors (Lipinski definition) is 3. The van der Waals surface area contributed by atoms with Crippen molar-refractivity contribution in [2.45, 2.75) is 11.8 Å². The molecule has 1 heterocycles. The SMILES string of the molecule is Cc1cc(NS(=O)(=O)c2ccccc2F)c(C(=O)O)[nH]1. The van der Waals surface area contributed by atoms with Crippen LogP contribution in [0.4, 0.5) is 10.1 Å². The van der Waals surface area contributed by atoms with Crippen LogP contribution in [0.15, 0.2) is 35.2 Å². The van der Waals surface area contributed by atoms with E-state index in [1.54, 1.807) is 6.92 Å². The first-order valence-corrected chi connectivity index (χ1v) is 7.00. The highest BCUT2D eigenvalue weighted by Crippen LogP contribution is 2.22. The van der Waals surface area contributed by atoms with E-state index >= 15 is 0 Å². The first-order valence-electron chi connectivity index (χ1n) is 5.51. The molecule has 1 aromatic heterocycles. The molecular weight excluding hydrogens is 287 g/mol. The Morgan fingerprint density at radius 3 is 2.60 bits per heavy atom. The number of benzene rings is 1. The molecule has 0 amide bonds. The minimum atomic E-state index is -4.20. The Kier molecular flexibility index (Phi) is 3.49. The fraction of sp³-hybridized carbons (Fsp3) is 0.0833. The Balaban J connectivity index is 2.44. The second-order valence-electron chi connectivity index (χ2n) is 4.08. The van der Waals surface area contributed by atoms with Gasteiger partial charge in [-0.3, -0.25) is 4.72 Å². The second-order valence-corrected chi connectivity index (χ2v) is 5.73. The highest BCUT2D eigenvalue weighted by Gasteiger charge is 2.22. The van der Waals surface area contributed by atoms with E-state index < -0.39 is 26.7 Å². The van der Waals surface area contributed by atoms with E-state index in [2.05, 4.69) is 9.71 Å². The van der Waals surface area contributed by atoms with Gasteiger partial charge in [-0.25, -0.2) is 17.6 Å². The van der Waals surface area contributed by atoms with Crippen LogP contribution in [0.1, 0.15) is 16.2 Å². The lowest BCUT2D eigenvalue weighted by atomic mass is 10.3. The smallest absolute Gasteiger partial charge is 0.354 e. The molecule has 2 aromatic rings. The van der Waals surface area contributed by atoms with Crippen molar-refractivity contribution in [3.8, 4) is 0 Å². The summed E-state index contributed by atoms with van der Waals surface area (Å²) >= 11 is 0. The van der Waals surface area contributed by atoms with Crippen LogP contribution in [0.3, 0.4) is 0 Å². The summed E-state index contributed by atoms with van der Waals surface area (Å²) in [5.74, 6) is -2.23. The Morgan fingerprint density at radius 2 is 2.00 bits per heavy atom. The van der Waals surface area contributed by atoms with Gasteiger partial charge < -0.3 is 10.1 Å². The van der Waals surface area contributed by atoms with Gasteiger partial charge in [-0.15, -0.1) is 0 Å². The highest BCUT2D eigenvalue weighted by atomic mass is 32.2. The number of hydrogen-bond acceptors (Lipinski definition) is 3. The Morgan fingerprint density at radius 1 is 1.35 bits per heavy atom. The third-order valence-electron chi connectivity index (χ3n) is 2.54. The maximum absolute atomic E-state index is 13.5. The third kappa shape index (κ3) is 2.64. The normalized spacial score (nSPS) is 11.3. The lowest BCUT2D eigenvalue weighted by Crippen LogP contribution is -2.16. The number of rotatable bonds is 4. The van der Waals surface area contributed by atoms with E-state index in [9.17, 15) is 17.6 Å². The summed E-state index contributed by atoms with van der Waals surface area (Å²) < 4.78 is 39.7. The van der Waals surface area contributed by atoms with E-state index in [4.69, 9.17) is 5.11 Å². The molecule has 20 heavy (non-hydrogen) atoms. The molecule has 3 N–H and O–H groups in total. The number of aryl methyl sites for hydroxylation is 1. The molecule has 2 rings (SSSR count). The minimum Gasteiger partial charge on any atom is -0.477 e. The Hall–Kier alpha value is -2.35. The average molecular weight is 298 g/mol. The lowest BCUT2D eigenvalue weighted by Gasteiger charge is -2.08. The fourth-order valence-electron chi connectivity index (χ4n) is 1.70. The number of carboxylic acid groups (broad SMARTS) is 1. The van der Waals surface area contributed by atoms with Crippen LogP contribution < -0.4 is 4.72 Å². The molecule has 0 unspecified atom stereocenters. The largest absolute Gasteiger partial charge is 0.477 e. The summed E-state index contributed by atoms with van der Waals surface area (Å²) in [4.78, 5) is 13.0. The third-order valence-corrected chi connectivity index (χ3v) is 3.94. The van der Waals surface area contributed by atoms with Crippen molar-refractivity contribution in [3.05, 3.63) is 47.5 Å². The van der Waals surface area contributed by atoms with Crippen molar-refractivity contribution >= 4 is 21.7 Å². The van der Waals surface area contributed by atoms with Crippen molar-refractivity contribution in [3.63, 3.8) is 0 Å². The number of H-pyrrole nitrogens is 1. The molecule has 0 saturated heterocycles. The molecule has 0 aliphatic carbocycles. The molecule has 106 valence electrons. The first-order chi connectivity index (χ1) is 9.31. The van der Waals surface area contributed by atoms with Crippen LogP contribution in [0.25, 0.3) is 0 Å². The van der Waals surface area contributed by atoms with Gasteiger partial charge in [-0.2, -0.15) is 0 Å². The van der Waals surface area contributed by atoms with E-state index in [-0.39, 0.29) is 11.4 Å². The number of aromatic amines is 1. The van der Waals surface area contributed by atoms with Crippen LogP contribution in [-0.4, -0.2) is 24.5 Å². The molecule has 1 aromatic carbocycles. The molecule has 0 radical (unpaired) electrons. The summed E-state index contributed by atoms with van der Waals surface area (Å²) in [6.45, 7) is 1.58. The molecule has 6 nitrogen and oxygen atoms in total. The van der Waals surface area contributed by atoms with Gasteiger partial charge in [0.2, 0.25) is 0 Å². The summed E-state index contributed by atoms with van der Waals surface area (Å²) in [6, 6.07) is 6.16. The minimum absolute atomic E-state index is 0.141. The van der Waals surface area contributed by atoms with Gasteiger partial charge in [-0.05, 0) is 25.1 Å². The van der Waals surface area contributed by atoms with Crippen molar-refractivity contribution in [1.82, 2.24) is 4.98 Å². The number of aromatic nitrogens is 1. The quantitative estimate of drug-likeness (QED) is 0.803. The molecule has 0 atom stereocenters. The van der Waals surface area contributed by atoms with Crippen molar-refractivity contribution in [2.24, 2.45) is 0 Å². The van der Waals surface area contributed by atoms with Gasteiger partial charge in [0.05, 0.1) is 5.69 Å². The molecule has 0 bridgehead atoms. The molecule has 8 heteroatoms. The second kappa shape index (κ2) is 4.97. The first kappa shape index (κ1) is 14.1. The molecule has 0 saturated carbocycles. The fourth-order valence-corrected chi connectivity index (χ4v) is 2.84. The lowest BCUT2D eigenvalue weighted by molar-refractivity contribution is 0.0692. The van der Waals surface area contributed by atoms with Crippen LogP contribution >= 0.6 is 0 Å². The zero-order valence-electron chi connectivity index (χ0n) is 10.3. The standard InChI is InChI=1S/C12H11FN2O4S/c1-7-6-9(11(14-7)12(16)17)15-20(18,19)10-5-3-2-4-8(10)13/h2-6,14-15H,1H3,(H,16,17). The number of halogens is 1.